The summed E-state index contributed by atoms with van der Waals surface area (Å²) in [6.45, 7) is 9.47. The van der Waals surface area contributed by atoms with Crippen molar-refractivity contribution >= 4 is 11.8 Å². The Kier molecular flexibility index (Phi) is 6.22. The van der Waals surface area contributed by atoms with Crippen molar-refractivity contribution in [2.24, 2.45) is 5.92 Å². The lowest BCUT2D eigenvalue weighted by Gasteiger charge is -2.30. The number of nitrogens with zero attached hydrogens (tertiary/aromatic N) is 1. The number of rotatable bonds is 4. The molecule has 1 aromatic carbocycles. The third kappa shape index (κ3) is 5.30. The van der Waals surface area contributed by atoms with Crippen LogP contribution >= 0.6 is 0 Å². The Morgan fingerprint density at radius 1 is 1.20 bits per heavy atom. The summed E-state index contributed by atoms with van der Waals surface area (Å²) in [5.74, 6) is -0.0485. The van der Waals surface area contributed by atoms with Crippen LogP contribution in [0.1, 0.15) is 57.8 Å². The van der Waals surface area contributed by atoms with Crippen LogP contribution in [0.5, 0.6) is 0 Å². The van der Waals surface area contributed by atoms with Crippen molar-refractivity contribution in [3.63, 3.8) is 0 Å². The molecule has 5 nitrogen and oxygen atoms in total. The Balaban J connectivity index is 1.82. The van der Waals surface area contributed by atoms with Gasteiger partial charge in [0.1, 0.15) is 0 Å². The topological polar surface area (TPSA) is 69.6 Å². The van der Waals surface area contributed by atoms with Crippen molar-refractivity contribution in [2.75, 3.05) is 19.6 Å². The normalized spacial score (nSPS) is 17.2. The zero-order chi connectivity index (χ0) is 18.6. The number of carbonyl (C=O) groups excluding carboxylic acids is 2. The van der Waals surface area contributed by atoms with E-state index in [4.69, 9.17) is 0 Å². The Bertz CT molecular complexity index is 596. The monoisotopic (exact) mass is 346 g/mol. The van der Waals surface area contributed by atoms with Crippen LogP contribution in [0.4, 0.5) is 0 Å². The van der Waals surface area contributed by atoms with Gasteiger partial charge in [0.05, 0.1) is 6.10 Å². The van der Waals surface area contributed by atoms with Gasteiger partial charge in [-0.15, -0.1) is 0 Å². The maximum Gasteiger partial charge on any atom is 0.223 e. The molecule has 1 heterocycles. The van der Waals surface area contributed by atoms with E-state index in [1.165, 1.54) is 5.56 Å². The maximum atomic E-state index is 12.3. The van der Waals surface area contributed by atoms with Gasteiger partial charge < -0.3 is 15.3 Å². The van der Waals surface area contributed by atoms with Gasteiger partial charge in [-0.2, -0.15) is 0 Å². The van der Waals surface area contributed by atoms with Gasteiger partial charge in [0.2, 0.25) is 11.8 Å². The molecule has 1 aliphatic rings. The van der Waals surface area contributed by atoms with E-state index in [9.17, 15) is 14.7 Å². The van der Waals surface area contributed by atoms with E-state index in [0.29, 0.717) is 25.9 Å². The van der Waals surface area contributed by atoms with Crippen LogP contribution in [-0.4, -0.2) is 41.5 Å². The van der Waals surface area contributed by atoms with Crippen LogP contribution in [0.15, 0.2) is 24.3 Å². The number of aliphatic hydroxyl groups is 1. The lowest BCUT2D eigenvalue weighted by Crippen LogP contribution is -2.43. The molecule has 0 radical (unpaired) electrons. The number of carbonyl (C=O) groups is 2. The SMILES string of the molecule is CC(=O)N1CCC(C(=O)NCC(O)c2ccc(C(C)(C)C)cc2)CC1. The zero-order valence-electron chi connectivity index (χ0n) is 15.7. The van der Waals surface area contributed by atoms with E-state index in [1.54, 1.807) is 11.8 Å². The first-order valence-corrected chi connectivity index (χ1v) is 9.00. The van der Waals surface area contributed by atoms with Gasteiger partial charge in [-0.1, -0.05) is 45.0 Å². The first kappa shape index (κ1) is 19.4. The van der Waals surface area contributed by atoms with Gasteiger partial charge in [-0.05, 0) is 29.4 Å². The Morgan fingerprint density at radius 3 is 2.24 bits per heavy atom. The zero-order valence-corrected chi connectivity index (χ0v) is 15.7. The van der Waals surface area contributed by atoms with E-state index in [0.717, 1.165) is 5.56 Å². The predicted octanol–water partition coefficient (Wildman–Crippen LogP) is 2.39. The molecule has 5 heteroatoms. The highest BCUT2D eigenvalue weighted by Gasteiger charge is 2.26. The Labute approximate surface area is 150 Å². The second-order valence-corrected chi connectivity index (χ2v) is 7.91. The van der Waals surface area contributed by atoms with Crippen LogP contribution in [-0.2, 0) is 15.0 Å². The second-order valence-electron chi connectivity index (χ2n) is 7.91. The lowest BCUT2D eigenvalue weighted by atomic mass is 9.86. The number of aliphatic hydroxyl groups excluding tert-OH is 1. The number of amides is 2. The van der Waals surface area contributed by atoms with Gasteiger partial charge in [0.15, 0.2) is 0 Å². The molecule has 0 saturated carbocycles. The average molecular weight is 346 g/mol. The molecule has 25 heavy (non-hydrogen) atoms. The Morgan fingerprint density at radius 2 is 1.76 bits per heavy atom. The number of likely N-dealkylation sites (tertiary alicyclic amines) is 1. The molecule has 1 aliphatic heterocycles. The summed E-state index contributed by atoms with van der Waals surface area (Å²) < 4.78 is 0. The summed E-state index contributed by atoms with van der Waals surface area (Å²) in [6, 6.07) is 7.89. The predicted molar refractivity (Wildman–Crippen MR) is 98.1 cm³/mol. The van der Waals surface area contributed by atoms with Crippen molar-refractivity contribution in [3.05, 3.63) is 35.4 Å². The van der Waals surface area contributed by atoms with Crippen molar-refractivity contribution in [1.82, 2.24) is 10.2 Å². The van der Waals surface area contributed by atoms with Crippen LogP contribution in [0.2, 0.25) is 0 Å². The molecule has 1 fully saturated rings. The lowest BCUT2D eigenvalue weighted by molar-refractivity contribution is -0.134. The molecule has 0 bridgehead atoms. The summed E-state index contributed by atoms with van der Waals surface area (Å²) in [6.07, 6.45) is 0.652. The van der Waals surface area contributed by atoms with Crippen LogP contribution in [0.3, 0.4) is 0 Å². The highest BCUT2D eigenvalue weighted by atomic mass is 16.3. The van der Waals surface area contributed by atoms with Crippen molar-refractivity contribution in [3.8, 4) is 0 Å². The summed E-state index contributed by atoms with van der Waals surface area (Å²) in [4.78, 5) is 25.4. The van der Waals surface area contributed by atoms with E-state index in [2.05, 4.69) is 26.1 Å². The summed E-state index contributed by atoms with van der Waals surface area (Å²) in [7, 11) is 0. The van der Waals surface area contributed by atoms with Crippen LogP contribution in [0, 0.1) is 5.92 Å². The number of nitrogens with one attached hydrogen (secondary N) is 1. The van der Waals surface area contributed by atoms with E-state index >= 15 is 0 Å². The summed E-state index contributed by atoms with van der Waals surface area (Å²) >= 11 is 0. The third-order valence-corrected chi connectivity index (χ3v) is 4.94. The molecule has 0 spiro atoms. The smallest absolute Gasteiger partial charge is 0.223 e. The summed E-state index contributed by atoms with van der Waals surface area (Å²) in [5.41, 5.74) is 2.09. The molecule has 1 aromatic rings. The number of piperidine rings is 1. The third-order valence-electron chi connectivity index (χ3n) is 4.94. The maximum absolute atomic E-state index is 12.3. The van der Waals surface area contributed by atoms with Gasteiger partial charge in [0.25, 0.3) is 0 Å². The fourth-order valence-electron chi connectivity index (χ4n) is 3.12. The molecule has 2 rings (SSSR count). The largest absolute Gasteiger partial charge is 0.387 e. The van der Waals surface area contributed by atoms with Crippen molar-refractivity contribution < 1.29 is 14.7 Å². The number of benzene rings is 1. The van der Waals surface area contributed by atoms with Crippen LogP contribution in [0.25, 0.3) is 0 Å². The van der Waals surface area contributed by atoms with Gasteiger partial charge >= 0.3 is 0 Å². The van der Waals surface area contributed by atoms with E-state index in [-0.39, 0.29) is 29.7 Å². The molecule has 1 atom stereocenters. The first-order valence-electron chi connectivity index (χ1n) is 9.00. The quantitative estimate of drug-likeness (QED) is 0.879. The highest BCUT2D eigenvalue weighted by Crippen LogP contribution is 2.24. The molecule has 138 valence electrons. The molecule has 0 aliphatic carbocycles. The highest BCUT2D eigenvalue weighted by molar-refractivity contribution is 5.79. The molecular formula is C20H30N2O3. The first-order chi connectivity index (χ1) is 11.7. The van der Waals surface area contributed by atoms with Crippen molar-refractivity contribution in [2.45, 2.75) is 52.1 Å². The standard InChI is InChI=1S/C20H30N2O3/c1-14(23)22-11-9-16(10-12-22)19(25)21-13-18(24)15-5-7-17(8-6-15)20(2,3)4/h5-8,16,18,24H,9-13H2,1-4H3,(H,21,25). The molecular weight excluding hydrogens is 316 g/mol. The van der Waals surface area contributed by atoms with Gasteiger partial charge in [-0.3, -0.25) is 9.59 Å². The summed E-state index contributed by atoms with van der Waals surface area (Å²) in [5, 5.41) is 13.2. The fourth-order valence-corrected chi connectivity index (χ4v) is 3.12. The minimum atomic E-state index is -0.713. The van der Waals surface area contributed by atoms with E-state index in [1.807, 2.05) is 24.3 Å². The number of hydrogen-bond donors (Lipinski definition) is 2. The minimum Gasteiger partial charge on any atom is -0.387 e. The number of hydrogen-bond acceptors (Lipinski definition) is 3. The molecule has 0 aromatic heterocycles. The minimum absolute atomic E-state index is 0.0337. The molecule has 1 unspecified atom stereocenters. The molecule has 2 N–H and O–H groups in total. The second kappa shape index (κ2) is 8.00. The van der Waals surface area contributed by atoms with Crippen LogP contribution < -0.4 is 5.32 Å². The Hall–Kier alpha value is -1.88. The molecule has 2 amide bonds. The van der Waals surface area contributed by atoms with Gasteiger partial charge in [-0.25, -0.2) is 0 Å². The average Bonchev–Trinajstić information content (AvgIpc) is 2.58. The fraction of sp³-hybridized carbons (Fsp3) is 0.600. The molecule has 1 saturated heterocycles. The van der Waals surface area contributed by atoms with Crippen molar-refractivity contribution in [1.29, 1.82) is 0 Å². The van der Waals surface area contributed by atoms with E-state index < -0.39 is 6.10 Å². The van der Waals surface area contributed by atoms with Gasteiger partial charge in [0, 0.05) is 32.5 Å².